The molecule has 0 unspecified atom stereocenters. The van der Waals surface area contributed by atoms with Crippen LogP contribution in [0, 0.1) is 0 Å². The molecule has 0 spiro atoms. The Balaban J connectivity index is 1.61. The van der Waals surface area contributed by atoms with E-state index in [1.54, 1.807) is 34.6 Å². The van der Waals surface area contributed by atoms with Crippen LogP contribution < -0.4 is 0 Å². The molecule has 2 atom stereocenters. The molecule has 4 rings (SSSR count). The van der Waals surface area contributed by atoms with Crippen LogP contribution in [0.1, 0.15) is 38.5 Å². The normalized spacial score (nSPS) is 32.1. The number of piperidine rings is 1. The molecular weight excluding hydrogens is 334 g/mol. The van der Waals surface area contributed by atoms with Crippen molar-refractivity contribution in [1.82, 2.24) is 4.31 Å². The van der Waals surface area contributed by atoms with E-state index in [-0.39, 0.29) is 17.3 Å². The van der Waals surface area contributed by atoms with Crippen molar-refractivity contribution in [2.45, 2.75) is 66.0 Å². The maximum Gasteiger partial charge on any atom is 0.217 e. The van der Waals surface area contributed by atoms with Gasteiger partial charge in [0, 0.05) is 12.1 Å². The molecule has 0 N–H and O–H groups in total. The van der Waals surface area contributed by atoms with E-state index in [4.69, 9.17) is 0 Å². The largest absolute Gasteiger partial charge is 0.223 e. The van der Waals surface area contributed by atoms with Crippen LogP contribution in [0.2, 0.25) is 0 Å². The highest BCUT2D eigenvalue weighted by Gasteiger charge is 2.53. The zero-order chi connectivity index (χ0) is 16.2. The number of sulfone groups is 1. The van der Waals surface area contributed by atoms with Gasteiger partial charge in [-0.3, -0.25) is 0 Å². The van der Waals surface area contributed by atoms with Crippen LogP contribution in [0.3, 0.4) is 0 Å². The Kier molecular flexibility index (Phi) is 3.59. The van der Waals surface area contributed by atoms with Gasteiger partial charge in [0.25, 0.3) is 0 Å². The predicted octanol–water partition coefficient (Wildman–Crippen LogP) is 1.95. The summed E-state index contributed by atoms with van der Waals surface area (Å²) in [6, 6.07) is 8.25. The van der Waals surface area contributed by atoms with E-state index in [0.717, 1.165) is 25.7 Å². The van der Waals surface area contributed by atoms with Crippen LogP contribution in [0.15, 0.2) is 35.2 Å². The maximum absolute atomic E-state index is 12.8. The molecule has 1 aromatic rings. The van der Waals surface area contributed by atoms with Crippen molar-refractivity contribution in [1.29, 1.82) is 0 Å². The molecule has 0 radical (unpaired) electrons. The zero-order valence-electron chi connectivity index (χ0n) is 12.8. The highest BCUT2D eigenvalue weighted by Crippen LogP contribution is 2.44. The summed E-state index contributed by atoms with van der Waals surface area (Å²) in [4.78, 5) is 0.350. The van der Waals surface area contributed by atoms with Crippen molar-refractivity contribution < 1.29 is 16.8 Å². The quantitative estimate of drug-likeness (QED) is 0.828. The molecule has 0 amide bonds. The smallest absolute Gasteiger partial charge is 0.217 e. The van der Waals surface area contributed by atoms with Gasteiger partial charge in [0.05, 0.1) is 15.4 Å². The minimum atomic E-state index is -3.38. The predicted molar refractivity (Wildman–Crippen MR) is 87.2 cm³/mol. The lowest BCUT2D eigenvalue weighted by Gasteiger charge is -2.37. The lowest BCUT2D eigenvalue weighted by atomic mass is 10.1. The van der Waals surface area contributed by atoms with E-state index in [2.05, 4.69) is 0 Å². The number of sulfonamides is 1. The van der Waals surface area contributed by atoms with Gasteiger partial charge in [-0.25, -0.2) is 16.8 Å². The second-order valence-corrected chi connectivity index (χ2v) is 11.3. The molecule has 1 saturated carbocycles. The monoisotopic (exact) mass is 355 g/mol. The Hall–Kier alpha value is -0.920. The number of hydrogen-bond donors (Lipinski definition) is 0. The molecular formula is C16H21NO4S2. The van der Waals surface area contributed by atoms with Crippen LogP contribution in [0.4, 0.5) is 0 Å². The first-order chi connectivity index (χ1) is 10.9. The Labute approximate surface area is 137 Å². The summed E-state index contributed by atoms with van der Waals surface area (Å²) in [5.41, 5.74) is 0. The van der Waals surface area contributed by atoms with Crippen molar-refractivity contribution in [3.63, 3.8) is 0 Å². The van der Waals surface area contributed by atoms with Crippen molar-refractivity contribution >= 4 is 19.9 Å². The van der Waals surface area contributed by atoms with E-state index in [0.29, 0.717) is 17.7 Å². The van der Waals surface area contributed by atoms with E-state index < -0.39 is 25.1 Å². The van der Waals surface area contributed by atoms with Crippen molar-refractivity contribution in [3.05, 3.63) is 30.3 Å². The summed E-state index contributed by atoms with van der Waals surface area (Å²) in [5.74, 6) is 0. The number of benzene rings is 1. The van der Waals surface area contributed by atoms with Gasteiger partial charge in [0.1, 0.15) is 0 Å². The van der Waals surface area contributed by atoms with Crippen molar-refractivity contribution in [2.75, 3.05) is 0 Å². The Morgan fingerprint density at radius 2 is 1.35 bits per heavy atom. The standard InChI is InChI=1S/C16H21NO4S2/c18-22(19,14-4-2-1-3-5-14)16-10-12-6-7-13(11-16)17(12)23(20,21)15-8-9-15/h1-5,12-13,15-16H,6-11H2/t12-,13-/m1/s1. The Morgan fingerprint density at radius 3 is 1.87 bits per heavy atom. The molecule has 0 aromatic heterocycles. The van der Waals surface area contributed by atoms with Crippen LogP contribution in [0.5, 0.6) is 0 Å². The molecule has 7 heteroatoms. The lowest BCUT2D eigenvalue weighted by Crippen LogP contribution is -2.50. The minimum absolute atomic E-state index is 0.136. The first kappa shape index (κ1) is 15.6. The molecule has 2 bridgehead atoms. The topological polar surface area (TPSA) is 71.5 Å². The molecule has 2 aliphatic heterocycles. The van der Waals surface area contributed by atoms with E-state index in [9.17, 15) is 16.8 Å². The third-order valence-corrected chi connectivity index (χ3v) is 10.1. The average Bonchev–Trinajstić information content (AvgIpc) is 3.34. The fourth-order valence-electron chi connectivity index (χ4n) is 4.09. The van der Waals surface area contributed by atoms with Crippen LogP contribution in [-0.2, 0) is 19.9 Å². The second-order valence-electron chi connectivity index (χ2n) is 6.91. The number of hydrogen-bond acceptors (Lipinski definition) is 4. The van der Waals surface area contributed by atoms with Gasteiger partial charge in [0.15, 0.2) is 9.84 Å². The Morgan fingerprint density at radius 1 is 0.783 bits per heavy atom. The molecule has 2 heterocycles. The van der Waals surface area contributed by atoms with E-state index in [1.165, 1.54) is 0 Å². The first-order valence-corrected chi connectivity index (χ1v) is 11.3. The van der Waals surface area contributed by atoms with Gasteiger partial charge < -0.3 is 0 Å². The molecule has 2 saturated heterocycles. The highest BCUT2D eigenvalue weighted by molar-refractivity contribution is 7.92. The summed E-state index contributed by atoms with van der Waals surface area (Å²) >= 11 is 0. The number of nitrogens with zero attached hydrogens (tertiary/aromatic N) is 1. The molecule has 3 fully saturated rings. The maximum atomic E-state index is 12.8. The van der Waals surface area contributed by atoms with E-state index in [1.807, 2.05) is 0 Å². The van der Waals surface area contributed by atoms with Gasteiger partial charge in [-0.05, 0) is 50.7 Å². The fourth-order valence-corrected chi connectivity index (χ4v) is 8.26. The first-order valence-electron chi connectivity index (χ1n) is 8.22. The van der Waals surface area contributed by atoms with Crippen molar-refractivity contribution in [3.8, 4) is 0 Å². The number of rotatable bonds is 4. The summed E-state index contributed by atoms with van der Waals surface area (Å²) in [7, 11) is -6.60. The molecule has 126 valence electrons. The van der Waals surface area contributed by atoms with Gasteiger partial charge in [0.2, 0.25) is 10.0 Å². The highest BCUT2D eigenvalue weighted by atomic mass is 32.2. The van der Waals surface area contributed by atoms with Crippen LogP contribution in [0.25, 0.3) is 0 Å². The lowest BCUT2D eigenvalue weighted by molar-refractivity contribution is 0.248. The summed E-state index contributed by atoms with van der Waals surface area (Å²) < 4.78 is 52.6. The minimum Gasteiger partial charge on any atom is -0.223 e. The van der Waals surface area contributed by atoms with Crippen LogP contribution >= 0.6 is 0 Å². The molecule has 23 heavy (non-hydrogen) atoms. The van der Waals surface area contributed by atoms with Crippen LogP contribution in [-0.4, -0.2) is 43.7 Å². The SMILES string of the molecule is O=S(=O)(c1ccccc1)C1C[C@H]2CC[C@H](C1)N2S(=O)(=O)C1CC1. The molecule has 1 aromatic carbocycles. The number of fused-ring (bicyclic) bond motifs is 2. The van der Waals surface area contributed by atoms with E-state index >= 15 is 0 Å². The van der Waals surface area contributed by atoms with Gasteiger partial charge in [-0.1, -0.05) is 18.2 Å². The molecule has 1 aliphatic carbocycles. The van der Waals surface area contributed by atoms with Gasteiger partial charge >= 0.3 is 0 Å². The van der Waals surface area contributed by atoms with Gasteiger partial charge in [-0.2, -0.15) is 4.31 Å². The third kappa shape index (κ3) is 2.53. The van der Waals surface area contributed by atoms with Crippen molar-refractivity contribution in [2.24, 2.45) is 0 Å². The average molecular weight is 355 g/mol. The summed E-state index contributed by atoms with van der Waals surface area (Å²) in [6.45, 7) is 0. The third-order valence-electron chi connectivity index (χ3n) is 5.37. The van der Waals surface area contributed by atoms with Gasteiger partial charge in [-0.15, -0.1) is 0 Å². The molecule has 3 aliphatic rings. The molecule has 5 nitrogen and oxygen atoms in total. The zero-order valence-corrected chi connectivity index (χ0v) is 14.5. The summed E-state index contributed by atoms with van der Waals surface area (Å²) in [5, 5.41) is -0.680. The fraction of sp³-hybridized carbons (Fsp3) is 0.625. The Bertz CT molecular complexity index is 786. The second kappa shape index (κ2) is 5.29. The summed E-state index contributed by atoms with van der Waals surface area (Å²) in [6.07, 6.45) is 3.95.